The minimum absolute atomic E-state index is 0. The quantitative estimate of drug-likeness (QED) is 0.0838. The van der Waals surface area contributed by atoms with Crippen LogP contribution >= 0.6 is 0 Å². The summed E-state index contributed by atoms with van der Waals surface area (Å²) in [5, 5.41) is 14.2. The van der Waals surface area contributed by atoms with Gasteiger partial charge in [0, 0.05) is 136 Å². The fourth-order valence-electron chi connectivity index (χ4n) is 6.25. The van der Waals surface area contributed by atoms with E-state index in [4.69, 9.17) is 16.2 Å². The van der Waals surface area contributed by atoms with Crippen LogP contribution in [0.5, 0.6) is 0 Å². The molecule has 1 aliphatic heterocycles. The fraction of sp³-hybridized carbons (Fsp3) is 0.250. The Balaban J connectivity index is -0.0000000950. The summed E-state index contributed by atoms with van der Waals surface area (Å²) in [5.41, 5.74) is 14.8. The van der Waals surface area contributed by atoms with Crippen molar-refractivity contribution in [3.05, 3.63) is 76.3 Å². The number of carbonyl (C=O) groups is 1. The summed E-state index contributed by atoms with van der Waals surface area (Å²) >= 11 is 0. The molecule has 1 saturated heterocycles. The lowest BCUT2D eigenvalue weighted by Gasteiger charge is -2.36. The van der Waals surface area contributed by atoms with E-state index in [1.54, 1.807) is 20.0 Å². The van der Waals surface area contributed by atoms with E-state index in [1.807, 2.05) is 41.7 Å². The predicted octanol–water partition coefficient (Wildman–Crippen LogP) is 9.64. The molecule has 1 amide bonds. The van der Waals surface area contributed by atoms with Gasteiger partial charge in [-0.05, 0) is 179 Å². The van der Waals surface area contributed by atoms with Gasteiger partial charge in [0.1, 0.15) is 11.1 Å². The van der Waals surface area contributed by atoms with Crippen LogP contribution in [0.3, 0.4) is 0 Å². The zero-order chi connectivity index (χ0) is 48.5. The Kier molecular flexibility index (Phi) is 26.7. The van der Waals surface area contributed by atoms with E-state index in [0.717, 1.165) is 55.0 Å². The number of aromatic nitrogens is 1. The van der Waals surface area contributed by atoms with Crippen LogP contribution in [-0.4, -0.2) is 53.4 Å². The number of hydrogen-bond acceptors (Lipinski definition) is 7. The van der Waals surface area contributed by atoms with Gasteiger partial charge in [0.25, 0.3) is 5.91 Å². The van der Waals surface area contributed by atoms with Gasteiger partial charge in [0.2, 0.25) is 0 Å². The van der Waals surface area contributed by atoms with Gasteiger partial charge in [-0.3, -0.25) is 9.69 Å². The maximum atomic E-state index is 12.8. The van der Waals surface area contributed by atoms with E-state index in [1.165, 1.54) is 37.8 Å². The van der Waals surface area contributed by atoms with Crippen molar-refractivity contribution < 1.29 is 24.8 Å². The molecule has 1 aliphatic carbocycles. The number of anilines is 1. The Hall–Kier alpha value is -9.88. The van der Waals surface area contributed by atoms with Gasteiger partial charge < -0.3 is 16.0 Å². The van der Waals surface area contributed by atoms with Gasteiger partial charge in [0.05, 0.1) is 0 Å². The second-order valence-electron chi connectivity index (χ2n) is 13.7. The highest BCUT2D eigenvalue weighted by Crippen LogP contribution is 2.26. The monoisotopic (exact) mass is 915 g/mol. The predicted molar refractivity (Wildman–Crippen MR) is 295 cm³/mol. The molecule has 1 aromatic heterocycles. The lowest BCUT2D eigenvalue weighted by molar-refractivity contribution is 0.0950. The minimum Gasteiger partial charge on any atom is -0.383 e. The highest BCUT2D eigenvalue weighted by atomic mass is 16.3. The first-order valence-corrected chi connectivity index (χ1v) is 20.8. The van der Waals surface area contributed by atoms with E-state index in [2.05, 4.69) is 202 Å². The van der Waals surface area contributed by atoms with Crippen molar-refractivity contribution in [1.82, 2.24) is 20.1 Å². The van der Waals surface area contributed by atoms with E-state index in [0.29, 0.717) is 17.9 Å². The molecule has 0 spiro atoms. The highest BCUT2D eigenvalue weighted by Gasteiger charge is 2.22. The minimum atomic E-state index is -0.0439. The molecular weight excluding hydrogens is 845 g/mol. The summed E-state index contributed by atoms with van der Waals surface area (Å²) in [5.74, 6) is 67.0. The van der Waals surface area contributed by atoms with Gasteiger partial charge in [-0.1, -0.05) is 48.9 Å². The molecule has 2 heterocycles. The second kappa shape index (κ2) is 34.6. The summed E-state index contributed by atoms with van der Waals surface area (Å²) in [6.45, 7) is 10.6. The SMILES string of the molecule is CC#CC#CC#CC#CC#CC#CC#CC#CC#CC#CC#CC#CC#CC.N=N/N=N/N=O.Nc1nccc2cc(CNC(=O)c3cccc(CN4CCN(CC5CCCC5)CC4)c3)ccc12.[HH].[HH].[HH].[HH].[HH].[HH].[HH].[HH].[HH].[HH].[HH].[HH].[HH].[HH]. The first-order valence-electron chi connectivity index (χ1n) is 20.8. The number of nitrogen functional groups attached to an aromatic ring is 1. The largest absolute Gasteiger partial charge is 0.383 e. The van der Waals surface area contributed by atoms with Gasteiger partial charge in [0.15, 0.2) is 0 Å². The molecule has 0 bridgehead atoms. The maximum Gasteiger partial charge on any atom is 0.251 e. The van der Waals surface area contributed by atoms with Crippen molar-refractivity contribution in [2.45, 2.75) is 52.6 Å². The lowest BCUT2D eigenvalue weighted by Crippen LogP contribution is -2.47. The smallest absolute Gasteiger partial charge is 0.251 e. The van der Waals surface area contributed by atoms with Crippen molar-refractivity contribution in [2.24, 2.45) is 26.9 Å². The molecule has 12 heteroatoms. The molecule has 4 N–H and O–H groups in total. The van der Waals surface area contributed by atoms with E-state index in [9.17, 15) is 4.79 Å². The summed E-state index contributed by atoms with van der Waals surface area (Å²) in [6.07, 6.45) is 7.39. The third kappa shape index (κ3) is 23.5. The summed E-state index contributed by atoms with van der Waals surface area (Å²) in [7, 11) is 0. The van der Waals surface area contributed by atoms with E-state index < -0.39 is 0 Å². The van der Waals surface area contributed by atoms with Crippen LogP contribution < -0.4 is 11.1 Å². The average molecular weight is 915 g/mol. The van der Waals surface area contributed by atoms with Gasteiger partial charge in [-0.25, -0.2) is 4.98 Å². The second-order valence-corrected chi connectivity index (χ2v) is 13.7. The molecule has 1 saturated carbocycles. The number of pyridine rings is 1. The number of carbonyl (C=O) groups excluding carboxylic acids is 1. The van der Waals surface area contributed by atoms with Gasteiger partial charge in [-0.2, -0.15) is 5.53 Å². The van der Waals surface area contributed by atoms with Crippen LogP contribution in [0.2, 0.25) is 0 Å². The van der Waals surface area contributed by atoms with Crippen LogP contribution in [-0.2, 0) is 13.1 Å². The molecule has 5 rings (SSSR count). The molecule has 356 valence electrons. The molecule has 3 aromatic rings. The Morgan fingerprint density at radius 3 is 1.65 bits per heavy atom. The first kappa shape index (κ1) is 52.5. The number of nitrogens with one attached hydrogen (secondary N) is 2. The van der Waals surface area contributed by atoms with Crippen molar-refractivity contribution in [2.75, 3.05) is 38.5 Å². The van der Waals surface area contributed by atoms with Crippen molar-refractivity contribution in [3.8, 4) is 154 Å². The molecule has 68 heavy (non-hydrogen) atoms. The number of hydrogen-bond donors (Lipinski definition) is 3. The fourth-order valence-corrected chi connectivity index (χ4v) is 6.25. The van der Waals surface area contributed by atoms with E-state index >= 15 is 0 Å². The zero-order valence-electron chi connectivity index (χ0n) is 37.6. The third-order valence-corrected chi connectivity index (χ3v) is 9.17. The molecule has 2 aliphatic rings. The van der Waals surface area contributed by atoms with Crippen LogP contribution in [0.4, 0.5) is 5.82 Å². The number of nitrogens with two attached hydrogens (primary N) is 1. The van der Waals surface area contributed by atoms with Gasteiger partial charge >= 0.3 is 0 Å². The number of nitrogens with zero attached hydrogens (tertiary/aromatic N) is 7. The molecule has 2 aromatic carbocycles. The molecule has 12 nitrogen and oxygen atoms in total. The Morgan fingerprint density at radius 1 is 0.676 bits per heavy atom. The normalized spacial score (nSPS) is 11.3. The molecule has 0 atom stereocenters. The topological polar surface area (TPSA) is 165 Å². The maximum absolute atomic E-state index is 12.8. The summed E-state index contributed by atoms with van der Waals surface area (Å²) in [4.78, 5) is 31.0. The van der Waals surface area contributed by atoms with Crippen LogP contribution in [0, 0.1) is 170 Å². The summed E-state index contributed by atoms with van der Waals surface area (Å²) < 4.78 is 0. The highest BCUT2D eigenvalue weighted by molar-refractivity contribution is 5.94. The molecule has 2 fully saturated rings. The Bertz CT molecular complexity index is 3120. The summed E-state index contributed by atoms with van der Waals surface area (Å²) in [6, 6.07) is 16.0. The number of nitroso groups, excluding NO2 is 1. The number of benzene rings is 2. The molecule has 0 unspecified atom stereocenters. The third-order valence-electron chi connectivity index (χ3n) is 9.17. The van der Waals surface area contributed by atoms with Crippen LogP contribution in [0.15, 0.2) is 75.7 Å². The zero-order valence-corrected chi connectivity index (χ0v) is 37.6. The lowest BCUT2D eigenvalue weighted by atomic mass is 10.1. The number of rotatable bonds is 9. The van der Waals surface area contributed by atoms with Crippen molar-refractivity contribution in [1.29, 1.82) is 5.53 Å². The van der Waals surface area contributed by atoms with Crippen molar-refractivity contribution in [3.63, 3.8) is 0 Å². The van der Waals surface area contributed by atoms with Crippen LogP contribution in [0.25, 0.3) is 10.8 Å². The van der Waals surface area contributed by atoms with Crippen LogP contribution in [0.1, 0.15) is 81.0 Å². The van der Waals surface area contributed by atoms with E-state index in [-0.39, 0.29) is 25.9 Å². The number of piperazine rings is 1. The molecular formula is C56H70N10O2. The number of amides is 1. The van der Waals surface area contributed by atoms with Crippen molar-refractivity contribution >= 4 is 22.5 Å². The Labute approximate surface area is 420 Å². The standard InChI is InChI=1S/C28H35N5O.C28H6.HN5O.14H2/c29-27-26-9-8-22(16-24(26)10-11-30-27)18-31-28(34)25-7-3-6-23(17-25)20-33-14-12-32(13-15-33)19-21-4-1-2-5-21;1-3-5-7-9-11-13-15-17-19-21-23-25-27-28-26-24-22-20-18-16-14-12-10-8-6-4-2;1-2-3-4-5-6;;;;;;;;;;;;;;/h3,6-11,16-17,21H,1-2,4-5,12-15,18-20H2,(H2,29,30)(H,31,34);1-2H3;1H;14*1H/b;;2-1?,4-3+;;;;;;;;;;;;;;. The van der Waals surface area contributed by atoms with Gasteiger partial charge in [-0.15, -0.1) is 4.91 Å². The first-order chi connectivity index (χ1) is 33.5. The number of fused-ring (bicyclic) bond motifs is 1. The Morgan fingerprint density at radius 2 is 1.18 bits per heavy atom. The molecule has 0 radical (unpaired) electrons. The average Bonchev–Trinajstić information content (AvgIpc) is 3.88.